The topological polar surface area (TPSA) is 32.3 Å². The lowest BCUT2D eigenvalue weighted by atomic mass is 10.1. The van der Waals surface area contributed by atoms with E-state index in [4.69, 9.17) is 0 Å². The first-order chi connectivity index (χ1) is 11.1. The van der Waals surface area contributed by atoms with Crippen molar-refractivity contribution in [2.45, 2.75) is 45.6 Å². The maximum atomic E-state index is 12.8. The molecular weight excluding hydrogens is 304 g/mol. The van der Waals surface area contributed by atoms with Crippen molar-refractivity contribution < 1.29 is 4.79 Å². The van der Waals surface area contributed by atoms with Crippen molar-refractivity contribution in [2.75, 3.05) is 11.9 Å². The molecule has 1 aromatic carbocycles. The Bertz CT molecular complexity index is 680. The number of anilines is 1. The minimum Gasteiger partial charge on any atom is -0.317 e. The van der Waals surface area contributed by atoms with E-state index in [1.165, 1.54) is 22.6 Å². The molecule has 1 aromatic heterocycles. The van der Waals surface area contributed by atoms with Gasteiger partial charge in [0.15, 0.2) is 0 Å². The molecule has 4 heteroatoms. The molecule has 0 spiro atoms. The van der Waals surface area contributed by atoms with Crippen molar-refractivity contribution >= 4 is 23.1 Å². The Balaban J connectivity index is 1.80. The van der Waals surface area contributed by atoms with Gasteiger partial charge < -0.3 is 10.2 Å². The number of urea groups is 1. The molecule has 1 atom stereocenters. The van der Waals surface area contributed by atoms with Crippen LogP contribution in [-0.4, -0.2) is 17.5 Å². The van der Waals surface area contributed by atoms with Crippen LogP contribution in [0.15, 0.2) is 36.4 Å². The third-order valence-corrected chi connectivity index (χ3v) is 5.47. The predicted molar refractivity (Wildman–Crippen MR) is 97.2 cm³/mol. The summed E-state index contributed by atoms with van der Waals surface area (Å²) in [5.74, 6) is 0. The zero-order valence-electron chi connectivity index (χ0n) is 13.8. The second kappa shape index (κ2) is 7.18. The van der Waals surface area contributed by atoms with Crippen LogP contribution in [0.5, 0.6) is 0 Å². The van der Waals surface area contributed by atoms with Crippen LogP contribution in [0.3, 0.4) is 0 Å². The van der Waals surface area contributed by atoms with Crippen LogP contribution in [0, 0.1) is 13.8 Å². The first-order valence-corrected chi connectivity index (χ1v) is 9.16. The quantitative estimate of drug-likeness (QED) is 0.774. The fourth-order valence-corrected chi connectivity index (χ4v) is 4.22. The van der Waals surface area contributed by atoms with Crippen LogP contribution in [0.25, 0.3) is 0 Å². The molecule has 2 aromatic rings. The van der Waals surface area contributed by atoms with E-state index in [1.807, 2.05) is 47.4 Å². The van der Waals surface area contributed by atoms with E-state index in [0.29, 0.717) is 0 Å². The number of rotatable bonds is 2. The van der Waals surface area contributed by atoms with E-state index in [1.54, 1.807) is 0 Å². The second-order valence-electron chi connectivity index (χ2n) is 6.31. The van der Waals surface area contributed by atoms with Gasteiger partial charge in [0.1, 0.15) is 0 Å². The van der Waals surface area contributed by atoms with Gasteiger partial charge in [0.2, 0.25) is 0 Å². The van der Waals surface area contributed by atoms with Crippen LogP contribution in [0.4, 0.5) is 10.5 Å². The Morgan fingerprint density at radius 3 is 2.78 bits per heavy atom. The van der Waals surface area contributed by atoms with Crippen LogP contribution in [0.1, 0.15) is 47.0 Å². The van der Waals surface area contributed by atoms with Gasteiger partial charge in [-0.25, -0.2) is 4.79 Å². The smallest absolute Gasteiger partial charge is 0.317 e. The number of amides is 2. The van der Waals surface area contributed by atoms with Gasteiger partial charge in [0, 0.05) is 22.0 Å². The van der Waals surface area contributed by atoms with E-state index < -0.39 is 0 Å². The van der Waals surface area contributed by atoms with E-state index in [0.717, 1.165) is 30.6 Å². The Kier molecular flexibility index (Phi) is 5.01. The summed E-state index contributed by atoms with van der Waals surface area (Å²) in [4.78, 5) is 17.5. The zero-order valence-corrected chi connectivity index (χ0v) is 14.7. The molecule has 1 aliphatic heterocycles. The summed E-state index contributed by atoms with van der Waals surface area (Å²) in [6.07, 6.45) is 4.54. The molecule has 0 aliphatic carbocycles. The Morgan fingerprint density at radius 1 is 1.17 bits per heavy atom. The monoisotopic (exact) mass is 328 g/mol. The van der Waals surface area contributed by atoms with Crippen LogP contribution < -0.4 is 5.32 Å². The number of thiophene rings is 1. The minimum absolute atomic E-state index is 0.0218. The zero-order chi connectivity index (χ0) is 16.2. The van der Waals surface area contributed by atoms with Gasteiger partial charge in [-0.15, -0.1) is 11.3 Å². The second-order valence-corrected chi connectivity index (χ2v) is 7.63. The lowest BCUT2D eigenvalue weighted by Gasteiger charge is -2.29. The van der Waals surface area contributed by atoms with Gasteiger partial charge in [0.25, 0.3) is 0 Å². The van der Waals surface area contributed by atoms with Gasteiger partial charge in [-0.05, 0) is 56.5 Å². The third kappa shape index (κ3) is 3.94. The maximum absolute atomic E-state index is 12.8. The van der Waals surface area contributed by atoms with Crippen molar-refractivity contribution in [3.63, 3.8) is 0 Å². The minimum atomic E-state index is 0.0218. The summed E-state index contributed by atoms with van der Waals surface area (Å²) < 4.78 is 0. The number of nitrogens with zero attached hydrogens (tertiary/aromatic N) is 1. The molecule has 2 heterocycles. The summed E-state index contributed by atoms with van der Waals surface area (Å²) >= 11 is 1.81. The molecule has 1 fully saturated rings. The summed E-state index contributed by atoms with van der Waals surface area (Å²) in [6.45, 7) is 5.00. The number of nitrogens with one attached hydrogen (secondary N) is 1. The van der Waals surface area contributed by atoms with Crippen molar-refractivity contribution in [3.05, 3.63) is 51.7 Å². The molecule has 1 aliphatic rings. The van der Waals surface area contributed by atoms with Crippen LogP contribution >= 0.6 is 11.3 Å². The van der Waals surface area contributed by atoms with Gasteiger partial charge in [-0.2, -0.15) is 0 Å². The van der Waals surface area contributed by atoms with Gasteiger partial charge >= 0.3 is 6.03 Å². The molecule has 0 bridgehead atoms. The molecule has 1 saturated heterocycles. The SMILES string of the molecule is Cc1cccc(NC(=O)N2CCCCC[C@@H]2c2ccc(C)s2)c1. The molecule has 3 nitrogen and oxygen atoms in total. The molecule has 2 amide bonds. The normalized spacial score (nSPS) is 18.5. The number of carbonyl (C=O) groups is 1. The lowest BCUT2D eigenvalue weighted by Crippen LogP contribution is -2.37. The maximum Gasteiger partial charge on any atom is 0.322 e. The molecular formula is C19H24N2OS. The highest BCUT2D eigenvalue weighted by Gasteiger charge is 2.27. The van der Waals surface area contributed by atoms with Gasteiger partial charge in [-0.3, -0.25) is 0 Å². The molecule has 23 heavy (non-hydrogen) atoms. The van der Waals surface area contributed by atoms with E-state index in [2.05, 4.69) is 24.4 Å². The Hall–Kier alpha value is -1.81. The first-order valence-electron chi connectivity index (χ1n) is 8.34. The van der Waals surface area contributed by atoms with Crippen molar-refractivity contribution in [3.8, 4) is 0 Å². The highest BCUT2D eigenvalue weighted by molar-refractivity contribution is 7.12. The van der Waals surface area contributed by atoms with E-state index >= 15 is 0 Å². The number of likely N-dealkylation sites (tertiary alicyclic amines) is 1. The largest absolute Gasteiger partial charge is 0.322 e. The number of hydrogen-bond donors (Lipinski definition) is 1. The molecule has 0 saturated carbocycles. The van der Waals surface area contributed by atoms with Crippen molar-refractivity contribution in [1.82, 2.24) is 4.90 Å². The summed E-state index contributed by atoms with van der Waals surface area (Å²) in [5, 5.41) is 3.08. The van der Waals surface area contributed by atoms with Crippen molar-refractivity contribution in [1.29, 1.82) is 0 Å². The average Bonchev–Trinajstić information content (AvgIpc) is 2.81. The third-order valence-electron chi connectivity index (χ3n) is 4.37. The molecule has 0 unspecified atom stereocenters. The van der Waals surface area contributed by atoms with Crippen LogP contribution in [0.2, 0.25) is 0 Å². The number of hydrogen-bond acceptors (Lipinski definition) is 2. The van der Waals surface area contributed by atoms with Gasteiger partial charge in [-0.1, -0.05) is 25.0 Å². The molecule has 0 radical (unpaired) electrons. The first kappa shape index (κ1) is 16.1. The summed E-state index contributed by atoms with van der Waals surface area (Å²) in [6, 6.07) is 12.6. The Labute approximate surface area is 142 Å². The van der Waals surface area contributed by atoms with E-state index in [9.17, 15) is 4.79 Å². The van der Waals surface area contributed by atoms with Crippen LogP contribution in [-0.2, 0) is 0 Å². The van der Waals surface area contributed by atoms with Gasteiger partial charge in [0.05, 0.1) is 6.04 Å². The number of aryl methyl sites for hydroxylation is 2. The van der Waals surface area contributed by atoms with E-state index in [-0.39, 0.29) is 12.1 Å². The fourth-order valence-electron chi connectivity index (χ4n) is 3.20. The number of carbonyl (C=O) groups excluding carboxylic acids is 1. The standard InChI is InChI=1S/C19H24N2OS/c1-14-7-6-8-16(13-14)20-19(22)21-12-5-3-4-9-17(21)18-11-10-15(2)23-18/h6-8,10-11,13,17H,3-5,9,12H2,1-2H3,(H,20,22)/t17-/m1/s1. The predicted octanol–water partition coefficient (Wildman–Crippen LogP) is 5.51. The molecule has 1 N–H and O–H groups in total. The average molecular weight is 328 g/mol. The Morgan fingerprint density at radius 2 is 2.04 bits per heavy atom. The highest BCUT2D eigenvalue weighted by Crippen LogP contribution is 2.34. The molecule has 3 rings (SSSR count). The molecule has 122 valence electrons. The fraction of sp³-hybridized carbons (Fsp3) is 0.421. The van der Waals surface area contributed by atoms with Crippen molar-refractivity contribution in [2.24, 2.45) is 0 Å². The number of benzene rings is 1. The lowest BCUT2D eigenvalue weighted by molar-refractivity contribution is 0.190. The summed E-state index contributed by atoms with van der Waals surface area (Å²) in [5.41, 5.74) is 2.03. The summed E-state index contributed by atoms with van der Waals surface area (Å²) in [7, 11) is 0. The highest BCUT2D eigenvalue weighted by atomic mass is 32.1.